The predicted octanol–water partition coefficient (Wildman–Crippen LogP) is 4.84. The van der Waals surface area contributed by atoms with E-state index in [4.69, 9.17) is 38.4 Å². The number of rotatable bonds is 3. The van der Waals surface area contributed by atoms with E-state index in [1.807, 2.05) is 20.8 Å². The molecule has 1 atom stereocenters. The second kappa shape index (κ2) is 7.10. The van der Waals surface area contributed by atoms with Crippen LogP contribution in [0.5, 0.6) is 5.75 Å². The predicted molar refractivity (Wildman–Crippen MR) is 103 cm³/mol. The first kappa shape index (κ1) is 19.6. The summed E-state index contributed by atoms with van der Waals surface area (Å²) in [6.45, 7) is 6.24. The Bertz CT molecular complexity index is 903. The van der Waals surface area contributed by atoms with Gasteiger partial charge in [-0.1, -0.05) is 37.0 Å². The molecule has 0 saturated heterocycles. The minimum Gasteiger partial charge on any atom is -0.491 e. The fourth-order valence-corrected chi connectivity index (χ4v) is 4.26. The molecule has 5 nitrogen and oxygen atoms in total. The van der Waals surface area contributed by atoms with E-state index in [9.17, 15) is 10.1 Å². The maximum absolute atomic E-state index is 12.9. The minimum atomic E-state index is -0.659. The van der Waals surface area contributed by atoms with Crippen molar-refractivity contribution in [2.24, 2.45) is 11.1 Å². The highest BCUT2D eigenvalue weighted by Gasteiger charge is 2.43. The van der Waals surface area contributed by atoms with Crippen LogP contribution >= 0.6 is 23.2 Å². The molecule has 0 spiro atoms. The molecule has 3 rings (SSSR count). The Morgan fingerprint density at radius 1 is 1.33 bits per heavy atom. The van der Waals surface area contributed by atoms with Gasteiger partial charge in [0.25, 0.3) is 0 Å². The molecule has 1 aromatic carbocycles. The number of nitrogens with zero attached hydrogens (tertiary/aromatic N) is 1. The molecule has 1 heterocycles. The number of carbonyl (C=O) groups is 1. The number of benzene rings is 1. The molecule has 1 aliphatic carbocycles. The number of ketones is 1. The van der Waals surface area contributed by atoms with Crippen LogP contribution in [0.15, 0.2) is 34.9 Å². The van der Waals surface area contributed by atoms with Crippen molar-refractivity contribution in [2.45, 2.75) is 39.5 Å². The van der Waals surface area contributed by atoms with Crippen LogP contribution in [0.3, 0.4) is 0 Å². The molecule has 0 saturated carbocycles. The topological polar surface area (TPSA) is 85.3 Å². The molecule has 27 heavy (non-hydrogen) atoms. The highest BCUT2D eigenvalue weighted by atomic mass is 35.5. The van der Waals surface area contributed by atoms with E-state index in [2.05, 4.69) is 6.07 Å². The van der Waals surface area contributed by atoms with Gasteiger partial charge in [-0.25, -0.2) is 0 Å². The molecule has 0 amide bonds. The molecular weight excluding hydrogens is 387 g/mol. The Morgan fingerprint density at radius 2 is 1.96 bits per heavy atom. The van der Waals surface area contributed by atoms with Gasteiger partial charge < -0.3 is 15.2 Å². The van der Waals surface area contributed by atoms with Crippen molar-refractivity contribution in [1.29, 1.82) is 5.26 Å². The second-order valence-electron chi connectivity index (χ2n) is 7.45. The quantitative estimate of drug-likeness (QED) is 0.775. The molecule has 0 radical (unpaired) electrons. The lowest BCUT2D eigenvalue weighted by molar-refractivity contribution is -0.119. The molecule has 1 unspecified atom stereocenters. The number of ether oxygens (including phenoxy) is 2. The third kappa shape index (κ3) is 3.52. The molecule has 7 heteroatoms. The summed E-state index contributed by atoms with van der Waals surface area (Å²) in [6, 6.07) is 5.41. The number of halogens is 2. The van der Waals surface area contributed by atoms with Crippen molar-refractivity contribution in [2.75, 3.05) is 6.61 Å². The molecule has 1 aliphatic heterocycles. The van der Waals surface area contributed by atoms with Crippen molar-refractivity contribution < 1.29 is 14.3 Å². The lowest BCUT2D eigenvalue weighted by Crippen LogP contribution is -2.33. The van der Waals surface area contributed by atoms with Crippen molar-refractivity contribution >= 4 is 29.0 Å². The smallest absolute Gasteiger partial charge is 0.205 e. The fraction of sp³-hybridized carbons (Fsp3) is 0.400. The van der Waals surface area contributed by atoms with Crippen molar-refractivity contribution in [3.05, 3.63) is 50.5 Å². The van der Waals surface area contributed by atoms with Crippen LogP contribution in [-0.4, -0.2) is 12.4 Å². The van der Waals surface area contributed by atoms with E-state index in [1.54, 1.807) is 12.1 Å². The molecule has 1 aromatic rings. The summed E-state index contributed by atoms with van der Waals surface area (Å²) in [5, 5.41) is 10.3. The van der Waals surface area contributed by atoms with E-state index in [0.29, 0.717) is 52.1 Å². The third-order valence-corrected chi connectivity index (χ3v) is 5.28. The van der Waals surface area contributed by atoms with E-state index in [1.165, 1.54) is 0 Å². The SMILES string of the molecule is CCOc1c(Cl)cc(C2C(C#N)=C(N)OC3=C2C(=O)CC(C)(C)C3)cc1Cl. The average molecular weight is 407 g/mol. The van der Waals surface area contributed by atoms with Gasteiger partial charge in [0.05, 0.1) is 22.6 Å². The lowest BCUT2D eigenvalue weighted by atomic mass is 9.70. The zero-order chi connectivity index (χ0) is 19.9. The minimum absolute atomic E-state index is 0.00730. The standard InChI is InChI=1S/C20H20Cl2N2O3/c1-4-26-18-12(21)5-10(6-13(18)22)16-11(9-23)19(24)27-15-8-20(2,3)7-14(25)17(15)16/h5-6,16H,4,7-8,24H2,1-3H3. The maximum Gasteiger partial charge on any atom is 0.205 e. The Kier molecular flexibility index (Phi) is 5.16. The molecule has 0 bridgehead atoms. The Morgan fingerprint density at radius 3 is 2.52 bits per heavy atom. The van der Waals surface area contributed by atoms with E-state index < -0.39 is 5.92 Å². The molecular formula is C20H20Cl2N2O3. The summed E-state index contributed by atoms with van der Waals surface area (Å²) in [5.41, 5.74) is 7.02. The average Bonchev–Trinajstić information content (AvgIpc) is 2.55. The summed E-state index contributed by atoms with van der Waals surface area (Å²) in [6.07, 6.45) is 0.922. The number of carbonyl (C=O) groups excluding carboxylic acids is 1. The van der Waals surface area contributed by atoms with E-state index in [-0.39, 0.29) is 22.7 Å². The summed E-state index contributed by atoms with van der Waals surface area (Å²) in [5.74, 6) is 0.171. The summed E-state index contributed by atoms with van der Waals surface area (Å²) >= 11 is 12.7. The van der Waals surface area contributed by atoms with Gasteiger partial charge in [0.15, 0.2) is 11.5 Å². The first-order chi connectivity index (χ1) is 12.7. The van der Waals surface area contributed by atoms with Gasteiger partial charge in [-0.05, 0) is 30.0 Å². The first-order valence-electron chi connectivity index (χ1n) is 8.64. The van der Waals surface area contributed by atoms with Crippen LogP contribution in [0.2, 0.25) is 10.0 Å². The van der Waals surface area contributed by atoms with Crippen molar-refractivity contribution in [1.82, 2.24) is 0 Å². The zero-order valence-electron chi connectivity index (χ0n) is 15.4. The Hall–Kier alpha value is -2.16. The number of nitrogens with two attached hydrogens (primary N) is 1. The number of allylic oxidation sites excluding steroid dienone is 3. The molecule has 2 aliphatic rings. The zero-order valence-corrected chi connectivity index (χ0v) is 16.9. The molecule has 0 fully saturated rings. The monoisotopic (exact) mass is 406 g/mol. The van der Waals surface area contributed by atoms with Gasteiger partial charge >= 0.3 is 0 Å². The Labute approximate surface area is 168 Å². The van der Waals surface area contributed by atoms with Gasteiger partial charge in [-0.15, -0.1) is 0 Å². The number of nitriles is 1. The summed E-state index contributed by atoms with van der Waals surface area (Å²) < 4.78 is 11.1. The van der Waals surface area contributed by atoms with Crippen LogP contribution < -0.4 is 10.5 Å². The van der Waals surface area contributed by atoms with Crippen LogP contribution in [0.1, 0.15) is 45.1 Å². The first-order valence-corrected chi connectivity index (χ1v) is 9.39. The molecule has 0 aromatic heterocycles. The highest BCUT2D eigenvalue weighted by Crippen LogP contribution is 2.49. The summed E-state index contributed by atoms with van der Waals surface area (Å²) in [4.78, 5) is 12.9. The fourth-order valence-electron chi connectivity index (χ4n) is 3.65. The van der Waals surface area contributed by atoms with Crippen LogP contribution in [0.25, 0.3) is 0 Å². The number of hydrogen-bond acceptors (Lipinski definition) is 5. The van der Waals surface area contributed by atoms with Gasteiger partial charge in [-0.2, -0.15) is 5.26 Å². The van der Waals surface area contributed by atoms with Crippen molar-refractivity contribution in [3.63, 3.8) is 0 Å². The van der Waals surface area contributed by atoms with Gasteiger partial charge in [0.1, 0.15) is 17.4 Å². The maximum atomic E-state index is 12.9. The van der Waals surface area contributed by atoms with Gasteiger partial charge in [-0.3, -0.25) is 4.79 Å². The van der Waals surface area contributed by atoms with Gasteiger partial charge in [0.2, 0.25) is 5.88 Å². The molecule has 2 N–H and O–H groups in total. The van der Waals surface area contributed by atoms with E-state index in [0.717, 1.165) is 0 Å². The van der Waals surface area contributed by atoms with Crippen LogP contribution in [-0.2, 0) is 9.53 Å². The van der Waals surface area contributed by atoms with Gasteiger partial charge in [0, 0.05) is 18.4 Å². The van der Waals surface area contributed by atoms with Crippen LogP contribution in [0.4, 0.5) is 0 Å². The molecule has 142 valence electrons. The second-order valence-corrected chi connectivity index (χ2v) is 8.26. The van der Waals surface area contributed by atoms with Crippen LogP contribution in [0, 0.1) is 16.7 Å². The third-order valence-electron chi connectivity index (χ3n) is 4.72. The number of Topliss-reactive ketones (excluding diaryl/α,β-unsaturated/α-hetero) is 1. The Balaban J connectivity index is 2.19. The van der Waals surface area contributed by atoms with E-state index >= 15 is 0 Å². The van der Waals surface area contributed by atoms with Crippen molar-refractivity contribution in [3.8, 4) is 11.8 Å². The lowest BCUT2D eigenvalue weighted by Gasteiger charge is -2.37. The summed E-state index contributed by atoms with van der Waals surface area (Å²) in [7, 11) is 0. The highest BCUT2D eigenvalue weighted by molar-refractivity contribution is 6.37. The normalized spacial score (nSPS) is 21.5. The number of hydrogen-bond donors (Lipinski definition) is 1. The largest absolute Gasteiger partial charge is 0.491 e.